The smallest absolute Gasteiger partial charge is 0.305 e. The molecule has 5 nitrogen and oxygen atoms in total. The van der Waals surface area contributed by atoms with Crippen LogP contribution in [-0.4, -0.2) is 40.8 Å². The number of ketones is 1. The van der Waals surface area contributed by atoms with Crippen LogP contribution in [-0.2, 0) is 14.4 Å². The third kappa shape index (κ3) is 41.6. The van der Waals surface area contributed by atoms with Crippen molar-refractivity contribution in [1.29, 1.82) is 0 Å². The summed E-state index contributed by atoms with van der Waals surface area (Å²) >= 11 is 0. The lowest BCUT2D eigenvalue weighted by Crippen LogP contribution is -2.37. The van der Waals surface area contributed by atoms with E-state index < -0.39 is 5.97 Å². The summed E-state index contributed by atoms with van der Waals surface area (Å²) in [5.74, 6) is -0.902. The molecule has 0 saturated carbocycles. The molecular formula is C48H93NO4. The van der Waals surface area contributed by atoms with Gasteiger partial charge in [0.15, 0.2) is 5.78 Å². The second-order valence-electron chi connectivity index (χ2n) is 16.7. The van der Waals surface area contributed by atoms with Crippen molar-refractivity contribution in [3.05, 3.63) is 0 Å². The second kappa shape index (κ2) is 43.3. The van der Waals surface area contributed by atoms with Crippen molar-refractivity contribution >= 4 is 17.7 Å². The van der Waals surface area contributed by atoms with Crippen LogP contribution in [0.4, 0.5) is 0 Å². The molecule has 0 aliphatic rings. The number of carbonyl (C=O) groups is 3. The fourth-order valence-corrected chi connectivity index (χ4v) is 7.73. The molecule has 0 fully saturated rings. The number of nitrogens with zero attached hydrogens (tertiary/aromatic N) is 1. The Balaban J connectivity index is 3.72. The minimum atomic E-state index is -0.919. The molecule has 0 bridgehead atoms. The number of aliphatic carboxylic acids is 1. The highest BCUT2D eigenvalue weighted by molar-refractivity contribution is 5.86. The van der Waals surface area contributed by atoms with E-state index in [-0.39, 0.29) is 31.2 Å². The topological polar surface area (TPSA) is 74.7 Å². The lowest BCUT2D eigenvalue weighted by Gasteiger charge is -2.21. The zero-order valence-electron chi connectivity index (χ0n) is 36.0. The average Bonchev–Trinajstić information content (AvgIpc) is 3.15. The fraction of sp³-hybridized carbons (Fsp3) is 0.938. The lowest BCUT2D eigenvalue weighted by atomic mass is 10.0. The van der Waals surface area contributed by atoms with Crippen LogP contribution in [0.2, 0.25) is 0 Å². The SMILES string of the molecule is CCCCCCCCCCCCCCCCCCCCCC(=O)CN(CCC(=O)O)C(=O)CCCCCCCCCCCCCCCCCCCCC. The van der Waals surface area contributed by atoms with Gasteiger partial charge in [-0.2, -0.15) is 0 Å². The van der Waals surface area contributed by atoms with Gasteiger partial charge in [0.2, 0.25) is 5.91 Å². The molecule has 314 valence electrons. The number of carbonyl (C=O) groups excluding carboxylic acids is 2. The molecule has 0 heterocycles. The van der Waals surface area contributed by atoms with Crippen LogP contribution in [0.5, 0.6) is 0 Å². The lowest BCUT2D eigenvalue weighted by molar-refractivity contribution is -0.140. The van der Waals surface area contributed by atoms with E-state index in [0.717, 1.165) is 32.1 Å². The number of amides is 1. The summed E-state index contributed by atoms with van der Waals surface area (Å²) in [7, 11) is 0. The minimum Gasteiger partial charge on any atom is -0.481 e. The number of unbranched alkanes of at least 4 members (excludes halogenated alkanes) is 36. The predicted molar refractivity (Wildman–Crippen MR) is 230 cm³/mol. The number of hydrogen-bond acceptors (Lipinski definition) is 3. The Morgan fingerprint density at radius 2 is 0.585 bits per heavy atom. The third-order valence-electron chi connectivity index (χ3n) is 11.4. The quantitative estimate of drug-likeness (QED) is 0.0629. The van der Waals surface area contributed by atoms with Gasteiger partial charge in [-0.3, -0.25) is 14.4 Å². The summed E-state index contributed by atoms with van der Waals surface area (Å²) in [6.45, 7) is 4.78. The molecule has 0 aromatic heterocycles. The van der Waals surface area contributed by atoms with Gasteiger partial charge in [-0.1, -0.05) is 245 Å². The summed E-state index contributed by atoms with van der Waals surface area (Å²) < 4.78 is 0. The van der Waals surface area contributed by atoms with Gasteiger partial charge in [0.1, 0.15) is 0 Å². The molecule has 1 N–H and O–H groups in total. The average molecular weight is 748 g/mol. The number of hydrogen-bond donors (Lipinski definition) is 1. The Bertz CT molecular complexity index is 784. The third-order valence-corrected chi connectivity index (χ3v) is 11.4. The molecule has 53 heavy (non-hydrogen) atoms. The van der Waals surface area contributed by atoms with Crippen molar-refractivity contribution in [2.45, 2.75) is 277 Å². The van der Waals surface area contributed by atoms with Gasteiger partial charge in [0.25, 0.3) is 0 Å². The maximum absolute atomic E-state index is 12.9. The summed E-state index contributed by atoms with van der Waals surface area (Å²) in [4.78, 5) is 38.3. The second-order valence-corrected chi connectivity index (χ2v) is 16.7. The number of rotatable bonds is 45. The molecule has 0 saturated heterocycles. The van der Waals surface area contributed by atoms with E-state index >= 15 is 0 Å². The molecule has 0 spiro atoms. The minimum absolute atomic E-state index is 0.0558. The Morgan fingerprint density at radius 1 is 0.340 bits per heavy atom. The molecule has 1 amide bonds. The Labute approximate surface area is 331 Å². The van der Waals surface area contributed by atoms with Gasteiger partial charge >= 0.3 is 5.97 Å². The number of Topliss-reactive ketones (excluding diaryl/α,β-unsaturated/α-hetero) is 1. The highest BCUT2D eigenvalue weighted by Crippen LogP contribution is 2.17. The molecule has 0 rings (SSSR count). The number of carboxylic acid groups (broad SMARTS) is 1. The monoisotopic (exact) mass is 748 g/mol. The molecule has 5 heteroatoms. The summed E-state index contributed by atoms with van der Waals surface area (Å²) in [6.07, 6.45) is 51.1. The maximum atomic E-state index is 12.9. The highest BCUT2D eigenvalue weighted by Gasteiger charge is 2.18. The van der Waals surface area contributed by atoms with E-state index in [4.69, 9.17) is 0 Å². The van der Waals surface area contributed by atoms with E-state index in [9.17, 15) is 19.5 Å². The van der Waals surface area contributed by atoms with Gasteiger partial charge < -0.3 is 10.0 Å². The Kier molecular flexibility index (Phi) is 42.2. The van der Waals surface area contributed by atoms with Crippen molar-refractivity contribution in [2.24, 2.45) is 0 Å². The molecule has 0 radical (unpaired) electrons. The van der Waals surface area contributed by atoms with E-state index in [1.807, 2.05) is 0 Å². The van der Waals surface area contributed by atoms with Crippen LogP contribution in [0.15, 0.2) is 0 Å². The normalized spacial score (nSPS) is 11.4. The van der Waals surface area contributed by atoms with Crippen LogP contribution >= 0.6 is 0 Å². The van der Waals surface area contributed by atoms with Crippen LogP contribution in [0.3, 0.4) is 0 Å². The first kappa shape index (κ1) is 51.6. The molecule has 0 atom stereocenters. The molecule has 0 unspecified atom stereocenters. The fourth-order valence-electron chi connectivity index (χ4n) is 7.73. The van der Waals surface area contributed by atoms with Gasteiger partial charge in [-0.05, 0) is 12.8 Å². The first-order chi connectivity index (χ1) is 26.0. The van der Waals surface area contributed by atoms with Gasteiger partial charge in [-0.25, -0.2) is 0 Å². The molecule has 0 aliphatic carbocycles. The van der Waals surface area contributed by atoms with Crippen LogP contribution < -0.4 is 0 Å². The zero-order chi connectivity index (χ0) is 38.7. The first-order valence-electron chi connectivity index (χ1n) is 24.0. The van der Waals surface area contributed by atoms with Crippen molar-refractivity contribution < 1.29 is 19.5 Å². The molecule has 0 aromatic rings. The first-order valence-corrected chi connectivity index (χ1v) is 24.0. The number of carboxylic acids is 1. The molecule has 0 aliphatic heterocycles. The van der Waals surface area contributed by atoms with Crippen molar-refractivity contribution in [1.82, 2.24) is 4.90 Å². The molecular weight excluding hydrogens is 655 g/mol. The van der Waals surface area contributed by atoms with Crippen molar-refractivity contribution in [2.75, 3.05) is 13.1 Å². The standard InChI is InChI=1S/C48H93NO4/c1-3-5-7-9-11-13-15-17-19-21-23-25-27-29-31-33-35-37-39-41-46(50)45-49(44-43-48(52)53)47(51)42-40-38-36-34-32-30-28-26-24-22-20-18-16-14-12-10-8-6-4-2/h3-45H2,1-2H3,(H,52,53). The van der Waals surface area contributed by atoms with Crippen LogP contribution in [0.25, 0.3) is 0 Å². The van der Waals surface area contributed by atoms with E-state index in [1.165, 1.54) is 217 Å². The van der Waals surface area contributed by atoms with Gasteiger partial charge in [-0.15, -0.1) is 0 Å². The Hall–Kier alpha value is -1.39. The summed E-state index contributed by atoms with van der Waals surface area (Å²) in [6, 6.07) is 0. The molecule has 0 aromatic carbocycles. The van der Waals surface area contributed by atoms with Gasteiger partial charge in [0, 0.05) is 19.4 Å². The summed E-state index contributed by atoms with van der Waals surface area (Å²) in [5.41, 5.74) is 0. The van der Waals surface area contributed by atoms with Gasteiger partial charge in [0.05, 0.1) is 13.0 Å². The van der Waals surface area contributed by atoms with Crippen LogP contribution in [0, 0.1) is 0 Å². The maximum Gasteiger partial charge on any atom is 0.305 e. The Morgan fingerprint density at radius 3 is 0.849 bits per heavy atom. The van der Waals surface area contributed by atoms with E-state index in [0.29, 0.717) is 12.8 Å². The van der Waals surface area contributed by atoms with Crippen molar-refractivity contribution in [3.63, 3.8) is 0 Å². The summed E-state index contributed by atoms with van der Waals surface area (Å²) in [5, 5.41) is 9.18. The zero-order valence-corrected chi connectivity index (χ0v) is 36.0. The van der Waals surface area contributed by atoms with Crippen molar-refractivity contribution in [3.8, 4) is 0 Å². The largest absolute Gasteiger partial charge is 0.481 e. The van der Waals surface area contributed by atoms with Crippen LogP contribution in [0.1, 0.15) is 277 Å². The van der Waals surface area contributed by atoms with E-state index in [1.54, 1.807) is 0 Å². The predicted octanol–water partition coefficient (Wildman–Crippen LogP) is 15.5. The van der Waals surface area contributed by atoms with E-state index in [2.05, 4.69) is 13.8 Å². The highest BCUT2D eigenvalue weighted by atomic mass is 16.4.